The topological polar surface area (TPSA) is 69.7 Å². The number of methoxy groups -OCH3 is 1. The van der Waals surface area contributed by atoms with Crippen molar-refractivity contribution in [1.82, 2.24) is 4.57 Å². The molecule has 0 spiro atoms. The second-order valence-electron chi connectivity index (χ2n) is 5.97. The van der Waals surface area contributed by atoms with Crippen LogP contribution in [0.3, 0.4) is 0 Å². The molecular formula is C20H19N3O3. The number of non-ortho nitro benzene ring substituents is 1. The lowest BCUT2D eigenvalue weighted by Crippen LogP contribution is -1.94. The van der Waals surface area contributed by atoms with E-state index in [4.69, 9.17) is 4.74 Å². The zero-order valence-electron chi connectivity index (χ0n) is 14.8. The summed E-state index contributed by atoms with van der Waals surface area (Å²) in [6.07, 6.45) is 3.77. The lowest BCUT2D eigenvalue weighted by molar-refractivity contribution is -0.384. The van der Waals surface area contributed by atoms with Gasteiger partial charge in [0.2, 0.25) is 0 Å². The molecule has 132 valence electrons. The second-order valence-corrected chi connectivity index (χ2v) is 5.97. The first kappa shape index (κ1) is 17.4. The lowest BCUT2D eigenvalue weighted by atomic mass is 10.2. The first-order valence-corrected chi connectivity index (χ1v) is 8.10. The van der Waals surface area contributed by atoms with Gasteiger partial charge >= 0.3 is 0 Å². The molecule has 0 fully saturated rings. The predicted octanol–water partition coefficient (Wildman–Crippen LogP) is 4.76. The Hall–Kier alpha value is -3.41. The van der Waals surface area contributed by atoms with Crippen LogP contribution in [0, 0.1) is 24.0 Å². The second kappa shape index (κ2) is 7.23. The first-order chi connectivity index (χ1) is 12.5. The smallest absolute Gasteiger partial charge is 0.269 e. The summed E-state index contributed by atoms with van der Waals surface area (Å²) in [6, 6.07) is 14.5. The maximum absolute atomic E-state index is 10.8. The number of rotatable bonds is 5. The molecule has 0 aliphatic carbocycles. The molecule has 3 rings (SSSR count). The SMILES string of the molecule is COc1ccc(-n2cc(C=Nc3ccc([N+](=O)[O-])cc3C)cc2C)cc1. The number of benzene rings is 2. The summed E-state index contributed by atoms with van der Waals surface area (Å²) < 4.78 is 7.26. The first-order valence-electron chi connectivity index (χ1n) is 8.10. The fraction of sp³-hybridized carbons (Fsp3) is 0.150. The average Bonchev–Trinajstić information content (AvgIpc) is 3.01. The van der Waals surface area contributed by atoms with Crippen molar-refractivity contribution in [2.75, 3.05) is 7.11 Å². The summed E-state index contributed by atoms with van der Waals surface area (Å²) in [7, 11) is 1.64. The van der Waals surface area contributed by atoms with E-state index in [9.17, 15) is 10.1 Å². The molecule has 26 heavy (non-hydrogen) atoms. The molecule has 0 atom stereocenters. The summed E-state index contributed by atoms with van der Waals surface area (Å²) in [5.41, 5.74) is 4.62. The van der Waals surface area contributed by atoms with Gasteiger partial charge in [-0.25, -0.2) is 0 Å². The number of hydrogen-bond acceptors (Lipinski definition) is 4. The minimum absolute atomic E-state index is 0.0722. The third kappa shape index (κ3) is 3.64. The van der Waals surface area contributed by atoms with Crippen molar-refractivity contribution in [3.8, 4) is 11.4 Å². The molecule has 0 saturated heterocycles. The van der Waals surface area contributed by atoms with Crippen molar-refractivity contribution >= 4 is 17.6 Å². The molecule has 0 aliphatic heterocycles. The van der Waals surface area contributed by atoms with Gasteiger partial charge in [0.15, 0.2) is 0 Å². The van der Waals surface area contributed by atoms with Crippen LogP contribution in [-0.4, -0.2) is 22.8 Å². The van der Waals surface area contributed by atoms with Crippen molar-refractivity contribution in [2.45, 2.75) is 13.8 Å². The summed E-state index contributed by atoms with van der Waals surface area (Å²) in [4.78, 5) is 14.9. The Morgan fingerprint density at radius 1 is 1.12 bits per heavy atom. The van der Waals surface area contributed by atoms with Crippen LogP contribution in [0.4, 0.5) is 11.4 Å². The molecule has 1 aromatic heterocycles. The van der Waals surface area contributed by atoms with Gasteiger partial charge in [-0.15, -0.1) is 0 Å². The van der Waals surface area contributed by atoms with E-state index in [1.165, 1.54) is 12.1 Å². The van der Waals surface area contributed by atoms with Crippen LogP contribution in [0.15, 0.2) is 59.7 Å². The van der Waals surface area contributed by atoms with Crippen LogP contribution in [0.25, 0.3) is 5.69 Å². The molecule has 2 aromatic carbocycles. The maximum Gasteiger partial charge on any atom is 0.269 e. The van der Waals surface area contributed by atoms with Gasteiger partial charge in [-0.05, 0) is 55.8 Å². The zero-order valence-corrected chi connectivity index (χ0v) is 14.8. The van der Waals surface area contributed by atoms with Gasteiger partial charge in [0.1, 0.15) is 5.75 Å². The number of nitro groups is 1. The van der Waals surface area contributed by atoms with Crippen LogP contribution < -0.4 is 4.74 Å². The fourth-order valence-corrected chi connectivity index (χ4v) is 2.73. The Kier molecular flexibility index (Phi) is 4.84. The zero-order chi connectivity index (χ0) is 18.7. The van der Waals surface area contributed by atoms with Gasteiger partial charge in [-0.1, -0.05) is 0 Å². The monoisotopic (exact) mass is 349 g/mol. The van der Waals surface area contributed by atoms with Gasteiger partial charge in [0, 0.05) is 41.5 Å². The third-order valence-corrected chi connectivity index (χ3v) is 4.13. The quantitative estimate of drug-likeness (QED) is 0.379. The van der Waals surface area contributed by atoms with Crippen LogP contribution >= 0.6 is 0 Å². The molecule has 0 saturated carbocycles. The minimum Gasteiger partial charge on any atom is -0.497 e. The van der Waals surface area contributed by atoms with Crippen molar-refractivity contribution in [3.05, 3.63) is 81.7 Å². The fourth-order valence-electron chi connectivity index (χ4n) is 2.73. The highest BCUT2D eigenvalue weighted by Gasteiger charge is 2.08. The molecule has 0 unspecified atom stereocenters. The highest BCUT2D eigenvalue weighted by molar-refractivity contribution is 5.82. The van der Waals surface area contributed by atoms with Crippen molar-refractivity contribution in [1.29, 1.82) is 0 Å². The Balaban J connectivity index is 1.85. The molecular weight excluding hydrogens is 330 g/mol. The number of hydrogen-bond donors (Lipinski definition) is 0. The third-order valence-electron chi connectivity index (χ3n) is 4.13. The summed E-state index contributed by atoms with van der Waals surface area (Å²) in [6.45, 7) is 3.84. The van der Waals surface area contributed by atoms with Gasteiger partial charge in [0.25, 0.3) is 5.69 Å². The molecule has 3 aromatic rings. The predicted molar refractivity (Wildman–Crippen MR) is 102 cm³/mol. The highest BCUT2D eigenvalue weighted by atomic mass is 16.6. The van der Waals surface area contributed by atoms with Gasteiger partial charge in [0.05, 0.1) is 17.7 Å². The van der Waals surface area contributed by atoms with Gasteiger partial charge in [-0.3, -0.25) is 15.1 Å². The number of ether oxygens (including phenoxy) is 1. The van der Waals surface area contributed by atoms with E-state index in [0.29, 0.717) is 5.69 Å². The van der Waals surface area contributed by atoms with Crippen molar-refractivity contribution in [3.63, 3.8) is 0 Å². The largest absolute Gasteiger partial charge is 0.497 e. The Bertz CT molecular complexity index is 972. The van der Waals surface area contributed by atoms with E-state index in [1.54, 1.807) is 19.4 Å². The normalized spacial score (nSPS) is 11.0. The number of aryl methyl sites for hydroxylation is 2. The van der Waals surface area contributed by atoms with Crippen LogP contribution in [0.2, 0.25) is 0 Å². The molecule has 0 radical (unpaired) electrons. The number of aliphatic imine (C=N–C) groups is 1. The highest BCUT2D eigenvalue weighted by Crippen LogP contribution is 2.24. The van der Waals surface area contributed by atoms with Crippen molar-refractivity contribution in [2.24, 2.45) is 4.99 Å². The Morgan fingerprint density at radius 2 is 1.85 bits per heavy atom. The lowest BCUT2D eigenvalue weighted by Gasteiger charge is -2.06. The van der Waals surface area contributed by atoms with E-state index in [-0.39, 0.29) is 5.69 Å². The van der Waals surface area contributed by atoms with E-state index in [1.807, 2.05) is 50.4 Å². The summed E-state index contributed by atoms with van der Waals surface area (Å²) in [5, 5.41) is 10.8. The van der Waals surface area contributed by atoms with Crippen LogP contribution in [0.1, 0.15) is 16.8 Å². The molecule has 0 N–H and O–H groups in total. The maximum atomic E-state index is 10.8. The standard InChI is InChI=1S/C20H19N3O3/c1-14-10-18(23(24)25)6-9-20(14)21-12-16-11-15(2)22(13-16)17-4-7-19(26-3)8-5-17/h4-13H,1-3H3. The Morgan fingerprint density at radius 3 is 2.46 bits per heavy atom. The average molecular weight is 349 g/mol. The number of aromatic nitrogens is 1. The molecule has 1 heterocycles. The van der Waals surface area contributed by atoms with E-state index in [0.717, 1.165) is 28.3 Å². The summed E-state index contributed by atoms with van der Waals surface area (Å²) >= 11 is 0. The van der Waals surface area contributed by atoms with Gasteiger partial charge < -0.3 is 9.30 Å². The molecule has 0 bridgehead atoms. The van der Waals surface area contributed by atoms with E-state index < -0.39 is 4.92 Å². The van der Waals surface area contributed by atoms with Crippen LogP contribution in [-0.2, 0) is 0 Å². The van der Waals surface area contributed by atoms with Crippen LogP contribution in [0.5, 0.6) is 5.75 Å². The molecule has 0 aliphatic rings. The molecule has 6 heteroatoms. The minimum atomic E-state index is -0.404. The molecule has 6 nitrogen and oxygen atoms in total. The van der Waals surface area contributed by atoms with Gasteiger partial charge in [-0.2, -0.15) is 0 Å². The number of nitrogens with zero attached hydrogens (tertiary/aromatic N) is 3. The van der Waals surface area contributed by atoms with E-state index >= 15 is 0 Å². The molecule has 0 amide bonds. The Labute approximate surface area is 151 Å². The number of nitro benzene ring substituents is 1. The summed E-state index contributed by atoms with van der Waals surface area (Å²) in [5.74, 6) is 0.814. The van der Waals surface area contributed by atoms with Crippen molar-refractivity contribution < 1.29 is 9.66 Å². The van der Waals surface area contributed by atoms with E-state index in [2.05, 4.69) is 9.56 Å².